The lowest BCUT2D eigenvalue weighted by molar-refractivity contribution is 0.306. The smallest absolute Gasteiger partial charge is 0.119 e. The van der Waals surface area contributed by atoms with E-state index in [0.717, 1.165) is 11.3 Å². The number of rotatable bonds is 3. The van der Waals surface area contributed by atoms with Crippen LogP contribution in [0.5, 0.6) is 5.75 Å². The van der Waals surface area contributed by atoms with Gasteiger partial charge in [0.25, 0.3) is 0 Å². The fraction of sp³-hybridized carbons (Fsp3) is 0.0769. The van der Waals surface area contributed by atoms with E-state index in [1.165, 1.54) is 0 Å². The highest BCUT2D eigenvalue weighted by Gasteiger charge is 2.00. The molecule has 0 bridgehead atoms. The van der Waals surface area contributed by atoms with Crippen molar-refractivity contribution in [3.63, 3.8) is 0 Å². The average Bonchev–Trinajstić information content (AvgIpc) is 2.33. The van der Waals surface area contributed by atoms with Crippen LogP contribution >= 0.6 is 23.2 Å². The SMILES string of the molecule is Nc1cc(COc2ccc(Cl)cc2)ccc1Cl. The van der Waals surface area contributed by atoms with Gasteiger partial charge in [0.1, 0.15) is 12.4 Å². The second kappa shape index (κ2) is 5.30. The van der Waals surface area contributed by atoms with Gasteiger partial charge in [0, 0.05) is 5.02 Å². The Morgan fingerprint density at radius 1 is 1.00 bits per heavy atom. The zero-order valence-corrected chi connectivity index (χ0v) is 10.5. The Morgan fingerprint density at radius 2 is 1.71 bits per heavy atom. The van der Waals surface area contributed by atoms with E-state index in [4.69, 9.17) is 33.7 Å². The molecule has 17 heavy (non-hydrogen) atoms. The van der Waals surface area contributed by atoms with E-state index < -0.39 is 0 Å². The fourth-order valence-electron chi connectivity index (χ4n) is 1.38. The van der Waals surface area contributed by atoms with Gasteiger partial charge in [-0.05, 0) is 42.0 Å². The van der Waals surface area contributed by atoms with E-state index in [1.54, 1.807) is 24.3 Å². The Hall–Kier alpha value is -1.38. The summed E-state index contributed by atoms with van der Waals surface area (Å²) in [6, 6.07) is 12.7. The number of hydrogen-bond acceptors (Lipinski definition) is 2. The highest BCUT2D eigenvalue weighted by molar-refractivity contribution is 6.33. The maximum Gasteiger partial charge on any atom is 0.119 e. The van der Waals surface area contributed by atoms with E-state index in [-0.39, 0.29) is 0 Å². The number of nitrogens with two attached hydrogens (primary N) is 1. The molecule has 0 atom stereocenters. The molecule has 0 aliphatic heterocycles. The normalized spacial score (nSPS) is 10.2. The molecule has 0 saturated carbocycles. The zero-order chi connectivity index (χ0) is 12.3. The van der Waals surface area contributed by atoms with Crippen molar-refractivity contribution in [3.8, 4) is 5.75 Å². The lowest BCUT2D eigenvalue weighted by Crippen LogP contribution is -1.97. The van der Waals surface area contributed by atoms with E-state index in [9.17, 15) is 0 Å². The summed E-state index contributed by atoms with van der Waals surface area (Å²) in [6.07, 6.45) is 0. The van der Waals surface area contributed by atoms with Crippen molar-refractivity contribution in [2.45, 2.75) is 6.61 Å². The molecule has 0 aliphatic rings. The summed E-state index contributed by atoms with van der Waals surface area (Å²) in [5.41, 5.74) is 7.24. The lowest BCUT2D eigenvalue weighted by Gasteiger charge is -2.07. The highest BCUT2D eigenvalue weighted by atomic mass is 35.5. The summed E-state index contributed by atoms with van der Waals surface area (Å²) in [6.45, 7) is 0.447. The molecular weight excluding hydrogens is 257 g/mol. The number of benzene rings is 2. The minimum atomic E-state index is 0.447. The standard InChI is InChI=1S/C13H11Cl2NO/c14-10-2-4-11(5-3-10)17-8-9-1-6-12(15)13(16)7-9/h1-7H,8,16H2. The topological polar surface area (TPSA) is 35.2 Å². The molecule has 0 amide bonds. The van der Waals surface area contributed by atoms with Gasteiger partial charge < -0.3 is 10.5 Å². The third kappa shape index (κ3) is 3.29. The fourth-order valence-corrected chi connectivity index (χ4v) is 1.62. The lowest BCUT2D eigenvalue weighted by atomic mass is 10.2. The first kappa shape index (κ1) is 12.1. The molecule has 0 unspecified atom stereocenters. The molecule has 2 N–H and O–H groups in total. The summed E-state index contributed by atoms with van der Waals surface area (Å²) in [7, 11) is 0. The molecule has 0 aliphatic carbocycles. The maximum absolute atomic E-state index is 5.83. The first-order chi connectivity index (χ1) is 8.15. The second-order valence-electron chi connectivity index (χ2n) is 3.60. The quantitative estimate of drug-likeness (QED) is 0.848. The number of halogens is 2. The molecule has 0 heterocycles. The van der Waals surface area contributed by atoms with Gasteiger partial charge in [0.05, 0.1) is 10.7 Å². The summed E-state index contributed by atoms with van der Waals surface area (Å²) in [5, 5.41) is 1.24. The van der Waals surface area contributed by atoms with Crippen LogP contribution in [0.2, 0.25) is 10.0 Å². The first-order valence-electron chi connectivity index (χ1n) is 5.07. The molecule has 2 rings (SSSR count). The molecule has 4 heteroatoms. The predicted octanol–water partition coefficient (Wildman–Crippen LogP) is 4.15. The number of hydrogen-bond donors (Lipinski definition) is 1. The minimum absolute atomic E-state index is 0.447. The van der Waals surface area contributed by atoms with Crippen LogP contribution in [0.3, 0.4) is 0 Å². The summed E-state index contributed by atoms with van der Waals surface area (Å²) < 4.78 is 5.58. The van der Waals surface area contributed by atoms with Crippen LogP contribution in [0.25, 0.3) is 0 Å². The Balaban J connectivity index is 2.02. The van der Waals surface area contributed by atoms with Gasteiger partial charge in [-0.1, -0.05) is 29.3 Å². The largest absolute Gasteiger partial charge is 0.489 e. The third-order valence-electron chi connectivity index (χ3n) is 2.28. The average molecular weight is 268 g/mol. The van der Waals surface area contributed by atoms with Gasteiger partial charge in [-0.25, -0.2) is 0 Å². The van der Waals surface area contributed by atoms with Gasteiger partial charge in [0.15, 0.2) is 0 Å². The minimum Gasteiger partial charge on any atom is -0.489 e. The van der Waals surface area contributed by atoms with Crippen LogP contribution < -0.4 is 10.5 Å². The Labute approximate surface area is 110 Å². The van der Waals surface area contributed by atoms with Crippen LogP contribution in [-0.4, -0.2) is 0 Å². The van der Waals surface area contributed by atoms with Crippen LogP contribution in [0.4, 0.5) is 5.69 Å². The van der Waals surface area contributed by atoms with Gasteiger partial charge >= 0.3 is 0 Å². The number of nitrogen functional groups attached to an aromatic ring is 1. The summed E-state index contributed by atoms with van der Waals surface area (Å²) >= 11 is 11.6. The van der Waals surface area contributed by atoms with Crippen molar-refractivity contribution in [3.05, 3.63) is 58.1 Å². The van der Waals surface area contributed by atoms with Crippen molar-refractivity contribution in [2.75, 3.05) is 5.73 Å². The first-order valence-corrected chi connectivity index (χ1v) is 5.83. The van der Waals surface area contributed by atoms with Crippen LogP contribution in [0.1, 0.15) is 5.56 Å². The molecule has 88 valence electrons. The van der Waals surface area contributed by atoms with E-state index in [0.29, 0.717) is 22.3 Å². The molecule has 0 radical (unpaired) electrons. The number of ether oxygens (including phenoxy) is 1. The molecular formula is C13H11Cl2NO. The monoisotopic (exact) mass is 267 g/mol. The van der Waals surface area contributed by atoms with Crippen molar-refractivity contribution >= 4 is 28.9 Å². The van der Waals surface area contributed by atoms with Crippen molar-refractivity contribution in [1.29, 1.82) is 0 Å². The zero-order valence-electron chi connectivity index (χ0n) is 8.99. The third-order valence-corrected chi connectivity index (χ3v) is 2.88. The predicted molar refractivity (Wildman–Crippen MR) is 71.6 cm³/mol. The molecule has 2 aromatic rings. The van der Waals surface area contributed by atoms with E-state index in [2.05, 4.69) is 0 Å². The van der Waals surface area contributed by atoms with Crippen LogP contribution in [0.15, 0.2) is 42.5 Å². The Morgan fingerprint density at radius 3 is 2.35 bits per heavy atom. The Kier molecular flexibility index (Phi) is 3.77. The maximum atomic E-state index is 5.83. The van der Waals surface area contributed by atoms with Crippen LogP contribution in [0, 0.1) is 0 Å². The van der Waals surface area contributed by atoms with E-state index in [1.807, 2.05) is 18.2 Å². The van der Waals surface area contributed by atoms with Gasteiger partial charge in [-0.3, -0.25) is 0 Å². The molecule has 2 nitrogen and oxygen atoms in total. The van der Waals surface area contributed by atoms with Crippen molar-refractivity contribution in [1.82, 2.24) is 0 Å². The highest BCUT2D eigenvalue weighted by Crippen LogP contribution is 2.21. The van der Waals surface area contributed by atoms with Gasteiger partial charge in [-0.15, -0.1) is 0 Å². The molecule has 0 fully saturated rings. The molecule has 0 saturated heterocycles. The molecule has 0 aromatic heterocycles. The van der Waals surface area contributed by atoms with Crippen LogP contribution in [-0.2, 0) is 6.61 Å². The second-order valence-corrected chi connectivity index (χ2v) is 4.44. The van der Waals surface area contributed by atoms with Gasteiger partial charge in [0.2, 0.25) is 0 Å². The van der Waals surface area contributed by atoms with Crippen molar-refractivity contribution in [2.24, 2.45) is 0 Å². The summed E-state index contributed by atoms with van der Waals surface area (Å²) in [4.78, 5) is 0. The number of anilines is 1. The van der Waals surface area contributed by atoms with E-state index >= 15 is 0 Å². The van der Waals surface area contributed by atoms with Gasteiger partial charge in [-0.2, -0.15) is 0 Å². The molecule has 2 aromatic carbocycles. The Bertz CT molecular complexity index is 511. The summed E-state index contributed by atoms with van der Waals surface area (Å²) in [5.74, 6) is 0.767. The van der Waals surface area contributed by atoms with Crippen molar-refractivity contribution < 1.29 is 4.74 Å². The molecule has 0 spiro atoms.